The maximum Gasteiger partial charge on any atom is 0.325 e. The molecular weight excluding hydrogens is 358 g/mol. The summed E-state index contributed by atoms with van der Waals surface area (Å²) in [6.07, 6.45) is 14.8. The maximum atomic E-state index is 12.5. The molecule has 5 nitrogen and oxygen atoms in total. The summed E-state index contributed by atoms with van der Waals surface area (Å²) >= 11 is 1.56. The average molecular weight is 384 g/mol. The molecule has 4 rings (SSSR count). The molecule has 2 aromatic heterocycles. The molecule has 27 heavy (non-hydrogen) atoms. The van der Waals surface area contributed by atoms with Crippen LogP contribution in [0.5, 0.6) is 0 Å². The van der Waals surface area contributed by atoms with E-state index >= 15 is 0 Å². The van der Waals surface area contributed by atoms with Gasteiger partial charge in [-0.1, -0.05) is 24.3 Å². The molecule has 2 N–H and O–H groups in total. The Morgan fingerprint density at radius 3 is 2.63 bits per heavy atom. The highest BCUT2D eigenvalue weighted by Crippen LogP contribution is 2.40. The van der Waals surface area contributed by atoms with Crippen LogP contribution in [-0.2, 0) is 6.42 Å². The zero-order valence-electron chi connectivity index (χ0n) is 15.5. The summed E-state index contributed by atoms with van der Waals surface area (Å²) in [6.45, 7) is 1.95. The van der Waals surface area contributed by atoms with Crippen LogP contribution in [-0.4, -0.2) is 15.0 Å². The fraction of sp³-hybridized carbons (Fsp3) is 0.476. The normalized spacial score (nSPS) is 25.0. The average Bonchev–Trinajstić information content (AvgIpc) is 3.09. The Hall–Kier alpha value is -2.21. The largest absolute Gasteiger partial charge is 0.325 e. The second-order valence-electron chi connectivity index (χ2n) is 7.68. The molecule has 0 radical (unpaired) electrons. The van der Waals surface area contributed by atoms with E-state index in [-0.39, 0.29) is 11.5 Å². The lowest BCUT2D eigenvalue weighted by atomic mass is 9.72. The van der Waals surface area contributed by atoms with Gasteiger partial charge < -0.3 is 4.98 Å². The summed E-state index contributed by atoms with van der Waals surface area (Å²) in [6, 6.07) is 0. The van der Waals surface area contributed by atoms with Gasteiger partial charge in [-0.2, -0.15) is 0 Å². The number of hydrogen-bond acceptors (Lipinski definition) is 4. The van der Waals surface area contributed by atoms with E-state index in [9.17, 15) is 9.59 Å². The van der Waals surface area contributed by atoms with E-state index in [1.54, 1.807) is 11.3 Å². The van der Waals surface area contributed by atoms with Gasteiger partial charge in [0.2, 0.25) is 0 Å². The van der Waals surface area contributed by atoms with Crippen molar-refractivity contribution in [3.8, 4) is 0 Å². The summed E-state index contributed by atoms with van der Waals surface area (Å²) in [5.41, 5.74) is 1.79. The fourth-order valence-corrected chi connectivity index (χ4v) is 5.26. The molecular formula is C21H25N3O2S. The topological polar surface area (TPSA) is 78.6 Å². The molecule has 142 valence electrons. The summed E-state index contributed by atoms with van der Waals surface area (Å²) in [5, 5.41) is 2.91. The van der Waals surface area contributed by atoms with Crippen LogP contribution in [0.2, 0.25) is 0 Å². The zero-order chi connectivity index (χ0) is 18.8. The molecule has 1 saturated carbocycles. The zero-order valence-corrected chi connectivity index (χ0v) is 16.3. The molecule has 2 aliphatic carbocycles. The molecule has 6 heteroatoms. The van der Waals surface area contributed by atoms with E-state index in [1.165, 1.54) is 0 Å². The van der Waals surface area contributed by atoms with Gasteiger partial charge in [0, 0.05) is 28.8 Å². The number of aryl methyl sites for hydroxylation is 1. The smallest absolute Gasteiger partial charge is 0.311 e. The highest BCUT2D eigenvalue weighted by molar-refractivity contribution is 7.09. The SMILES string of the molecule is Cc1csc(Cc2c(=O)[nH]c(=O)[nH]c2[C@H]2CC[C@H](C3C=CC=CC3)CC2)n1. The number of thiazole rings is 1. The van der Waals surface area contributed by atoms with Gasteiger partial charge in [0.1, 0.15) is 0 Å². The summed E-state index contributed by atoms with van der Waals surface area (Å²) in [4.78, 5) is 34.3. The number of aromatic nitrogens is 3. The minimum absolute atomic E-state index is 0.246. The molecule has 2 heterocycles. The third-order valence-electron chi connectivity index (χ3n) is 5.87. The summed E-state index contributed by atoms with van der Waals surface area (Å²) < 4.78 is 0. The number of allylic oxidation sites excluding steroid dienone is 4. The first-order valence-corrected chi connectivity index (χ1v) is 10.6. The van der Waals surface area contributed by atoms with E-state index < -0.39 is 5.69 Å². The summed E-state index contributed by atoms with van der Waals surface area (Å²) in [7, 11) is 0. The Balaban J connectivity index is 1.54. The van der Waals surface area contributed by atoms with Crippen LogP contribution < -0.4 is 11.2 Å². The number of nitrogens with one attached hydrogen (secondary N) is 2. The van der Waals surface area contributed by atoms with Crippen LogP contribution in [0.15, 0.2) is 39.3 Å². The lowest BCUT2D eigenvalue weighted by Crippen LogP contribution is -2.31. The van der Waals surface area contributed by atoms with Crippen LogP contribution in [0.25, 0.3) is 0 Å². The molecule has 1 unspecified atom stereocenters. The predicted molar refractivity (Wildman–Crippen MR) is 108 cm³/mol. The third kappa shape index (κ3) is 4.05. The van der Waals surface area contributed by atoms with Gasteiger partial charge in [0.05, 0.1) is 5.01 Å². The van der Waals surface area contributed by atoms with E-state index in [4.69, 9.17) is 0 Å². The van der Waals surface area contributed by atoms with Crippen LogP contribution in [0.3, 0.4) is 0 Å². The van der Waals surface area contributed by atoms with Crippen molar-refractivity contribution in [1.82, 2.24) is 15.0 Å². The van der Waals surface area contributed by atoms with Crippen molar-refractivity contribution >= 4 is 11.3 Å². The first-order chi connectivity index (χ1) is 13.1. The van der Waals surface area contributed by atoms with Gasteiger partial charge in [-0.3, -0.25) is 9.78 Å². The van der Waals surface area contributed by atoms with Crippen molar-refractivity contribution < 1.29 is 0 Å². The first kappa shape index (κ1) is 18.2. The van der Waals surface area contributed by atoms with Crippen molar-refractivity contribution in [2.75, 3.05) is 0 Å². The molecule has 0 aliphatic heterocycles. The van der Waals surface area contributed by atoms with Crippen molar-refractivity contribution in [1.29, 1.82) is 0 Å². The van der Waals surface area contributed by atoms with Gasteiger partial charge in [-0.25, -0.2) is 9.78 Å². The molecule has 2 aromatic rings. The van der Waals surface area contributed by atoms with Gasteiger partial charge >= 0.3 is 5.69 Å². The van der Waals surface area contributed by atoms with E-state index in [0.29, 0.717) is 23.8 Å². The lowest BCUT2D eigenvalue weighted by molar-refractivity contribution is 0.262. The number of H-pyrrole nitrogens is 2. The first-order valence-electron chi connectivity index (χ1n) is 9.70. The van der Waals surface area contributed by atoms with E-state index in [2.05, 4.69) is 39.3 Å². The Morgan fingerprint density at radius 2 is 1.96 bits per heavy atom. The molecule has 1 fully saturated rings. The van der Waals surface area contributed by atoms with Gasteiger partial charge in [0.25, 0.3) is 5.56 Å². The van der Waals surface area contributed by atoms with Crippen molar-refractivity contribution in [3.05, 3.63) is 72.5 Å². The molecule has 0 spiro atoms. The standard InChI is InChI=1S/C21H25N3O2S/c1-13-12-27-18(22-13)11-17-19(23-21(26)24-20(17)25)16-9-7-15(8-10-16)14-5-3-2-4-6-14/h2-5,12,14-16H,6-11H2,1H3,(H2,23,24,25,26)/t14?,15-,16-. The van der Waals surface area contributed by atoms with Crippen molar-refractivity contribution in [3.63, 3.8) is 0 Å². The van der Waals surface area contributed by atoms with Crippen molar-refractivity contribution in [2.24, 2.45) is 11.8 Å². The fourth-order valence-electron chi connectivity index (χ4n) is 4.47. The molecule has 0 aromatic carbocycles. The highest BCUT2D eigenvalue weighted by Gasteiger charge is 2.29. The van der Waals surface area contributed by atoms with Crippen LogP contribution >= 0.6 is 11.3 Å². The number of nitrogens with zero attached hydrogens (tertiary/aromatic N) is 1. The Bertz CT molecular complexity index is 974. The predicted octanol–water partition coefficient (Wildman–Crippen LogP) is 3.83. The van der Waals surface area contributed by atoms with Gasteiger partial charge in [-0.05, 0) is 56.8 Å². The maximum absolute atomic E-state index is 12.5. The Kier molecular flexibility index (Phi) is 5.25. The van der Waals surface area contributed by atoms with Crippen LogP contribution in [0.1, 0.15) is 60.0 Å². The number of hydrogen-bond donors (Lipinski definition) is 2. The monoisotopic (exact) mass is 383 g/mol. The number of aromatic amines is 2. The van der Waals surface area contributed by atoms with Gasteiger partial charge in [-0.15, -0.1) is 11.3 Å². The molecule has 2 aliphatic rings. The highest BCUT2D eigenvalue weighted by atomic mass is 32.1. The Morgan fingerprint density at radius 1 is 1.15 bits per heavy atom. The van der Waals surface area contributed by atoms with Crippen LogP contribution in [0.4, 0.5) is 0 Å². The van der Waals surface area contributed by atoms with E-state index in [0.717, 1.165) is 48.5 Å². The summed E-state index contributed by atoms with van der Waals surface area (Å²) in [5.74, 6) is 1.57. The third-order valence-corrected chi connectivity index (χ3v) is 6.84. The molecule has 0 saturated heterocycles. The van der Waals surface area contributed by atoms with Crippen LogP contribution in [0, 0.1) is 18.8 Å². The second-order valence-corrected chi connectivity index (χ2v) is 8.63. The number of rotatable bonds is 4. The molecule has 1 atom stereocenters. The Labute approximate surface area is 162 Å². The van der Waals surface area contributed by atoms with Crippen molar-refractivity contribution in [2.45, 2.75) is 51.4 Å². The van der Waals surface area contributed by atoms with Gasteiger partial charge in [0.15, 0.2) is 0 Å². The minimum Gasteiger partial charge on any atom is -0.311 e. The minimum atomic E-state index is -0.406. The second kappa shape index (κ2) is 7.80. The molecule has 0 amide bonds. The quantitative estimate of drug-likeness (QED) is 0.842. The molecule has 0 bridgehead atoms. The van der Waals surface area contributed by atoms with E-state index in [1.807, 2.05) is 12.3 Å². The lowest BCUT2D eigenvalue weighted by Gasteiger charge is -2.33.